The summed E-state index contributed by atoms with van der Waals surface area (Å²) < 4.78 is 59.9. The molecule has 1 heterocycles. The van der Waals surface area contributed by atoms with Gasteiger partial charge >= 0.3 is 5.97 Å². The van der Waals surface area contributed by atoms with E-state index >= 15 is 0 Å². The maximum atomic E-state index is 12.8. The van der Waals surface area contributed by atoms with Crippen molar-refractivity contribution in [3.8, 4) is 11.5 Å². The fourth-order valence-electron chi connectivity index (χ4n) is 2.95. The maximum Gasteiger partial charge on any atom is 0.315 e. The van der Waals surface area contributed by atoms with Crippen molar-refractivity contribution in [1.82, 2.24) is 0 Å². The zero-order chi connectivity index (χ0) is 21.2. The summed E-state index contributed by atoms with van der Waals surface area (Å²) in [5, 5.41) is 0. The summed E-state index contributed by atoms with van der Waals surface area (Å²) in [4.78, 5) is 12.2. The Morgan fingerprint density at radius 3 is 2.14 bits per heavy atom. The third-order valence-electron chi connectivity index (χ3n) is 4.70. The van der Waals surface area contributed by atoms with E-state index in [4.69, 9.17) is 9.47 Å². The number of hydrogen-bond donors (Lipinski definition) is 0. The minimum absolute atomic E-state index is 0.0142. The van der Waals surface area contributed by atoms with Crippen molar-refractivity contribution in [3.63, 3.8) is 0 Å². The van der Waals surface area contributed by atoms with Crippen LogP contribution in [0.25, 0.3) is 0 Å². The number of rotatable bonds is 6. The van der Waals surface area contributed by atoms with E-state index in [9.17, 15) is 21.6 Å². The van der Waals surface area contributed by atoms with Crippen LogP contribution in [0.15, 0.2) is 53.4 Å². The molecule has 1 saturated heterocycles. The number of benzene rings is 2. The quantitative estimate of drug-likeness (QED) is 0.499. The zero-order valence-electron chi connectivity index (χ0n) is 15.9. The molecule has 156 valence electrons. The Labute approximate surface area is 170 Å². The van der Waals surface area contributed by atoms with Gasteiger partial charge in [0.15, 0.2) is 9.84 Å². The fraction of sp³-hybridized carbons (Fsp3) is 0.316. The summed E-state index contributed by atoms with van der Waals surface area (Å²) in [6.45, 7) is 0. The summed E-state index contributed by atoms with van der Waals surface area (Å²) >= 11 is 0. The molecule has 0 spiro atoms. The van der Waals surface area contributed by atoms with Crippen LogP contribution >= 0.6 is 0 Å². The van der Waals surface area contributed by atoms with E-state index in [2.05, 4.69) is 0 Å². The molecule has 1 unspecified atom stereocenters. The Morgan fingerprint density at radius 2 is 1.62 bits per heavy atom. The first-order valence-corrected chi connectivity index (χ1v) is 12.0. The monoisotopic (exact) mass is 439 g/mol. The number of methoxy groups -OCH3 is 1. The summed E-state index contributed by atoms with van der Waals surface area (Å²) in [5.41, 5.74) is 0.379. The van der Waals surface area contributed by atoms with Gasteiger partial charge in [0.2, 0.25) is 0 Å². The van der Waals surface area contributed by atoms with Gasteiger partial charge in [0.25, 0.3) is 10.0 Å². The van der Waals surface area contributed by atoms with Gasteiger partial charge in [-0.2, -0.15) is 0 Å². The fourth-order valence-corrected chi connectivity index (χ4v) is 5.87. The van der Waals surface area contributed by atoms with Crippen molar-refractivity contribution in [2.24, 2.45) is 5.92 Å². The molecule has 0 aliphatic carbocycles. The van der Waals surface area contributed by atoms with E-state index in [1.54, 1.807) is 12.1 Å². The van der Waals surface area contributed by atoms with Crippen LogP contribution in [0.3, 0.4) is 0 Å². The lowest BCUT2D eigenvalue weighted by atomic mass is 10.1. The van der Waals surface area contributed by atoms with Crippen molar-refractivity contribution in [2.75, 3.05) is 30.0 Å². The van der Waals surface area contributed by atoms with Crippen molar-refractivity contribution in [2.45, 2.75) is 11.3 Å². The van der Waals surface area contributed by atoms with Gasteiger partial charge in [-0.25, -0.2) is 16.8 Å². The minimum Gasteiger partial charge on any atom is -0.497 e. The third-order valence-corrected chi connectivity index (χ3v) is 8.27. The first kappa shape index (κ1) is 21.1. The van der Waals surface area contributed by atoms with Crippen LogP contribution in [0.1, 0.15) is 6.42 Å². The molecule has 29 heavy (non-hydrogen) atoms. The lowest BCUT2D eigenvalue weighted by Gasteiger charge is -2.20. The van der Waals surface area contributed by atoms with E-state index in [0.717, 1.165) is 4.31 Å². The molecule has 1 aliphatic heterocycles. The zero-order valence-corrected chi connectivity index (χ0v) is 17.6. The Bertz CT molecular complexity index is 1090. The molecule has 1 aliphatic rings. The second-order valence-electron chi connectivity index (χ2n) is 6.66. The number of sulfone groups is 1. The van der Waals surface area contributed by atoms with E-state index < -0.39 is 31.7 Å². The predicted molar refractivity (Wildman–Crippen MR) is 107 cm³/mol. The first-order valence-electron chi connectivity index (χ1n) is 8.77. The molecule has 8 nitrogen and oxygen atoms in total. The predicted octanol–water partition coefficient (Wildman–Crippen LogP) is 1.86. The number of ether oxygens (including phenoxy) is 2. The van der Waals surface area contributed by atoms with Gasteiger partial charge in [-0.3, -0.25) is 9.10 Å². The van der Waals surface area contributed by atoms with Gasteiger partial charge in [-0.1, -0.05) is 0 Å². The largest absolute Gasteiger partial charge is 0.497 e. The summed E-state index contributed by atoms with van der Waals surface area (Å²) in [6.07, 6.45) is 0.252. The third kappa shape index (κ3) is 4.70. The van der Waals surface area contributed by atoms with Crippen molar-refractivity contribution < 1.29 is 31.1 Å². The Balaban J connectivity index is 1.71. The highest BCUT2D eigenvalue weighted by Crippen LogP contribution is 2.27. The SMILES string of the molecule is COc1ccc(S(=O)(=O)N(C)c2ccc(OC(=O)C3CCS(=O)(=O)C3)cc2)cc1. The molecule has 0 aromatic heterocycles. The van der Waals surface area contributed by atoms with Crippen LogP contribution in [-0.2, 0) is 24.7 Å². The number of hydrogen-bond acceptors (Lipinski definition) is 7. The number of anilines is 1. The van der Waals surface area contributed by atoms with Crippen LogP contribution in [0.4, 0.5) is 5.69 Å². The van der Waals surface area contributed by atoms with Crippen molar-refractivity contribution in [1.29, 1.82) is 0 Å². The Morgan fingerprint density at radius 1 is 1.03 bits per heavy atom. The average Bonchev–Trinajstić information content (AvgIpc) is 3.08. The topological polar surface area (TPSA) is 107 Å². The number of nitrogens with zero attached hydrogens (tertiary/aromatic N) is 1. The molecule has 3 rings (SSSR count). The first-order chi connectivity index (χ1) is 13.6. The molecule has 0 amide bonds. The van der Waals surface area contributed by atoms with E-state index in [0.29, 0.717) is 11.4 Å². The second kappa shape index (κ2) is 8.03. The molecular weight excluding hydrogens is 418 g/mol. The van der Waals surface area contributed by atoms with E-state index in [-0.39, 0.29) is 28.6 Å². The molecule has 0 N–H and O–H groups in total. The van der Waals surface area contributed by atoms with E-state index in [1.165, 1.54) is 50.6 Å². The number of esters is 1. The Kier molecular flexibility index (Phi) is 5.85. The van der Waals surface area contributed by atoms with Gasteiger partial charge < -0.3 is 9.47 Å². The number of carbonyl (C=O) groups excluding carboxylic acids is 1. The smallest absolute Gasteiger partial charge is 0.315 e. The highest BCUT2D eigenvalue weighted by Gasteiger charge is 2.34. The maximum absolute atomic E-state index is 12.8. The molecule has 0 bridgehead atoms. The lowest BCUT2D eigenvalue weighted by molar-refractivity contribution is -0.138. The molecule has 2 aromatic rings. The van der Waals surface area contributed by atoms with Crippen LogP contribution in [0, 0.1) is 5.92 Å². The van der Waals surface area contributed by atoms with Gasteiger partial charge in [0, 0.05) is 7.05 Å². The van der Waals surface area contributed by atoms with E-state index in [1.807, 2.05) is 0 Å². The standard InChI is InChI=1S/C19H21NO7S2/c1-20(29(24,25)18-9-7-16(26-2)8-10-18)15-3-5-17(6-4-15)27-19(21)14-11-12-28(22,23)13-14/h3-10,14H,11-13H2,1-2H3. The van der Waals surface area contributed by atoms with Gasteiger partial charge in [0.1, 0.15) is 11.5 Å². The van der Waals surface area contributed by atoms with Crippen molar-refractivity contribution >= 4 is 31.5 Å². The Hall–Kier alpha value is -2.59. The molecular formula is C19H21NO7S2. The highest BCUT2D eigenvalue weighted by atomic mass is 32.2. The molecule has 1 atom stereocenters. The second-order valence-corrected chi connectivity index (χ2v) is 10.9. The van der Waals surface area contributed by atoms with Crippen LogP contribution in [0.5, 0.6) is 11.5 Å². The summed E-state index contributed by atoms with van der Waals surface area (Å²) in [6, 6.07) is 12.0. The molecule has 0 saturated carbocycles. The number of carbonyl (C=O) groups is 1. The van der Waals surface area contributed by atoms with Crippen LogP contribution in [-0.4, -0.2) is 48.5 Å². The van der Waals surface area contributed by atoms with Crippen molar-refractivity contribution in [3.05, 3.63) is 48.5 Å². The van der Waals surface area contributed by atoms with Crippen LogP contribution < -0.4 is 13.8 Å². The summed E-state index contributed by atoms with van der Waals surface area (Å²) in [7, 11) is -4.04. The highest BCUT2D eigenvalue weighted by molar-refractivity contribution is 7.92. The normalized spacial score (nSPS) is 18.2. The average molecular weight is 440 g/mol. The lowest BCUT2D eigenvalue weighted by Crippen LogP contribution is -2.26. The van der Waals surface area contributed by atoms with Crippen LogP contribution in [0.2, 0.25) is 0 Å². The molecule has 2 aromatic carbocycles. The summed E-state index contributed by atoms with van der Waals surface area (Å²) in [5.74, 6) is -0.714. The number of sulfonamides is 1. The molecule has 1 fully saturated rings. The van der Waals surface area contributed by atoms with Gasteiger partial charge in [-0.05, 0) is 55.0 Å². The van der Waals surface area contributed by atoms with Gasteiger partial charge in [-0.15, -0.1) is 0 Å². The minimum atomic E-state index is -3.78. The molecule has 10 heteroatoms. The molecule has 0 radical (unpaired) electrons. The van der Waals surface area contributed by atoms with Gasteiger partial charge in [0.05, 0.1) is 35.1 Å².